The van der Waals surface area contributed by atoms with Gasteiger partial charge in [-0.1, -0.05) is 43.7 Å². The molecule has 0 bridgehead atoms. The minimum atomic E-state index is -0.436. The fourth-order valence-electron chi connectivity index (χ4n) is 4.35. The summed E-state index contributed by atoms with van der Waals surface area (Å²) >= 11 is 0. The van der Waals surface area contributed by atoms with E-state index in [-0.39, 0.29) is 11.7 Å². The van der Waals surface area contributed by atoms with Gasteiger partial charge in [-0.2, -0.15) is 5.21 Å². The van der Waals surface area contributed by atoms with Gasteiger partial charge in [0.1, 0.15) is 0 Å². The molecule has 0 radical (unpaired) electrons. The van der Waals surface area contributed by atoms with Crippen LogP contribution in [0.4, 0.5) is 0 Å². The SMILES string of the molecule is CCCCc1cn(C2CCC2O)c(=O)n1Cc1ccc(-c2ccccc2-c2nn[nH]n2)cn1. The van der Waals surface area contributed by atoms with Gasteiger partial charge in [-0.25, -0.2) is 4.79 Å². The van der Waals surface area contributed by atoms with Crippen molar-refractivity contribution in [2.45, 2.75) is 57.7 Å². The number of tetrazole rings is 1. The Morgan fingerprint density at radius 2 is 2.00 bits per heavy atom. The number of aromatic amines is 1. The highest BCUT2D eigenvalue weighted by Crippen LogP contribution is 2.32. The molecular formula is C24H27N7O2. The molecule has 170 valence electrons. The molecular weight excluding hydrogens is 418 g/mol. The summed E-state index contributed by atoms with van der Waals surface area (Å²) in [4.78, 5) is 17.8. The maximum absolute atomic E-state index is 13.2. The van der Waals surface area contributed by atoms with Crippen LogP contribution in [0.1, 0.15) is 50.0 Å². The molecule has 2 unspecified atom stereocenters. The quantitative estimate of drug-likeness (QED) is 0.431. The number of aromatic nitrogens is 7. The number of aliphatic hydroxyl groups is 1. The Labute approximate surface area is 191 Å². The lowest BCUT2D eigenvalue weighted by Gasteiger charge is -2.32. The molecule has 1 aliphatic carbocycles. The van der Waals surface area contributed by atoms with Crippen molar-refractivity contribution in [2.24, 2.45) is 0 Å². The van der Waals surface area contributed by atoms with E-state index in [0.717, 1.165) is 60.2 Å². The van der Waals surface area contributed by atoms with E-state index in [2.05, 4.69) is 32.5 Å². The molecule has 9 heteroatoms. The molecule has 1 fully saturated rings. The second-order valence-corrected chi connectivity index (χ2v) is 8.53. The zero-order valence-corrected chi connectivity index (χ0v) is 18.6. The number of nitrogens with one attached hydrogen (secondary N) is 1. The Bertz CT molecular complexity index is 1280. The summed E-state index contributed by atoms with van der Waals surface area (Å²) in [6, 6.07) is 11.7. The van der Waals surface area contributed by atoms with E-state index in [1.165, 1.54) is 0 Å². The summed E-state index contributed by atoms with van der Waals surface area (Å²) in [6.45, 7) is 2.54. The number of hydrogen-bond donors (Lipinski definition) is 2. The molecule has 3 aromatic heterocycles. The molecule has 5 rings (SSSR count). The van der Waals surface area contributed by atoms with Crippen molar-refractivity contribution in [1.82, 2.24) is 34.7 Å². The van der Waals surface area contributed by atoms with E-state index in [4.69, 9.17) is 0 Å². The molecule has 3 heterocycles. The molecule has 1 aromatic carbocycles. The van der Waals surface area contributed by atoms with Crippen molar-refractivity contribution in [3.8, 4) is 22.5 Å². The summed E-state index contributed by atoms with van der Waals surface area (Å²) in [5.41, 5.74) is 4.50. The first-order valence-electron chi connectivity index (χ1n) is 11.4. The number of pyridine rings is 1. The van der Waals surface area contributed by atoms with Gasteiger partial charge in [-0.3, -0.25) is 14.1 Å². The first-order chi connectivity index (χ1) is 16.2. The fourth-order valence-corrected chi connectivity index (χ4v) is 4.35. The van der Waals surface area contributed by atoms with Crippen molar-refractivity contribution in [2.75, 3.05) is 0 Å². The van der Waals surface area contributed by atoms with E-state index in [1.807, 2.05) is 48.8 Å². The lowest BCUT2D eigenvalue weighted by Crippen LogP contribution is -2.39. The van der Waals surface area contributed by atoms with Crippen LogP contribution in [-0.4, -0.2) is 46.0 Å². The van der Waals surface area contributed by atoms with E-state index < -0.39 is 6.10 Å². The number of aliphatic hydroxyl groups excluding tert-OH is 1. The van der Waals surface area contributed by atoms with E-state index in [9.17, 15) is 9.90 Å². The second kappa shape index (κ2) is 9.11. The summed E-state index contributed by atoms with van der Waals surface area (Å²) in [5.74, 6) is 0.529. The molecule has 33 heavy (non-hydrogen) atoms. The number of hydrogen-bond acceptors (Lipinski definition) is 6. The molecule has 1 saturated carbocycles. The van der Waals surface area contributed by atoms with Crippen molar-refractivity contribution in [1.29, 1.82) is 0 Å². The monoisotopic (exact) mass is 445 g/mol. The lowest BCUT2D eigenvalue weighted by atomic mass is 9.89. The summed E-state index contributed by atoms with van der Waals surface area (Å²) in [6.07, 6.45) is 7.80. The van der Waals surface area contributed by atoms with Gasteiger partial charge in [-0.15, -0.1) is 10.2 Å². The molecule has 0 aliphatic heterocycles. The van der Waals surface area contributed by atoms with Gasteiger partial charge in [0.2, 0.25) is 5.82 Å². The molecule has 0 spiro atoms. The Morgan fingerprint density at radius 3 is 2.64 bits per heavy atom. The van der Waals surface area contributed by atoms with Gasteiger partial charge in [0.05, 0.1) is 24.4 Å². The van der Waals surface area contributed by atoms with Crippen LogP contribution in [0.3, 0.4) is 0 Å². The number of rotatable bonds is 8. The third-order valence-corrected chi connectivity index (χ3v) is 6.40. The fraction of sp³-hybridized carbons (Fsp3) is 0.375. The summed E-state index contributed by atoms with van der Waals surface area (Å²) in [5, 5.41) is 24.4. The van der Waals surface area contributed by atoms with Crippen LogP contribution < -0.4 is 5.69 Å². The zero-order chi connectivity index (χ0) is 22.8. The van der Waals surface area contributed by atoms with E-state index in [1.54, 1.807) is 9.13 Å². The van der Waals surface area contributed by atoms with Crippen LogP contribution in [0.2, 0.25) is 0 Å². The predicted molar refractivity (Wildman–Crippen MR) is 124 cm³/mol. The highest BCUT2D eigenvalue weighted by atomic mass is 16.3. The van der Waals surface area contributed by atoms with Crippen LogP contribution in [-0.2, 0) is 13.0 Å². The highest BCUT2D eigenvalue weighted by molar-refractivity contribution is 5.79. The van der Waals surface area contributed by atoms with E-state index in [0.29, 0.717) is 12.4 Å². The summed E-state index contributed by atoms with van der Waals surface area (Å²) < 4.78 is 3.52. The van der Waals surface area contributed by atoms with Crippen LogP contribution in [0.15, 0.2) is 53.6 Å². The Kier molecular flexibility index (Phi) is 5.87. The second-order valence-electron chi connectivity index (χ2n) is 8.53. The van der Waals surface area contributed by atoms with Gasteiger partial charge < -0.3 is 5.11 Å². The number of H-pyrrole nitrogens is 1. The lowest BCUT2D eigenvalue weighted by molar-refractivity contribution is 0.0297. The Morgan fingerprint density at radius 1 is 1.15 bits per heavy atom. The maximum Gasteiger partial charge on any atom is 0.329 e. The first kappa shape index (κ1) is 21.3. The average Bonchev–Trinajstić information content (AvgIpc) is 3.47. The van der Waals surface area contributed by atoms with Crippen LogP contribution >= 0.6 is 0 Å². The third kappa shape index (κ3) is 4.11. The van der Waals surface area contributed by atoms with Gasteiger partial charge in [0.15, 0.2) is 0 Å². The van der Waals surface area contributed by atoms with Crippen molar-refractivity contribution in [3.63, 3.8) is 0 Å². The number of imidazole rings is 1. The molecule has 9 nitrogen and oxygen atoms in total. The molecule has 2 atom stereocenters. The van der Waals surface area contributed by atoms with Crippen LogP contribution in [0.25, 0.3) is 22.5 Å². The van der Waals surface area contributed by atoms with Crippen molar-refractivity contribution >= 4 is 0 Å². The van der Waals surface area contributed by atoms with Crippen molar-refractivity contribution in [3.05, 3.63) is 70.7 Å². The Balaban J connectivity index is 1.43. The molecule has 0 amide bonds. The van der Waals surface area contributed by atoms with Gasteiger partial charge in [-0.05, 0) is 42.5 Å². The molecule has 2 N–H and O–H groups in total. The maximum atomic E-state index is 13.2. The van der Waals surface area contributed by atoms with Gasteiger partial charge >= 0.3 is 5.69 Å². The number of benzene rings is 1. The minimum absolute atomic E-state index is 0.0711. The standard InChI is InChI=1S/C24H27N7O2/c1-2-3-6-18-15-31(21-11-12-22(21)32)24(33)30(18)14-17-10-9-16(13-25-17)19-7-4-5-8-20(19)23-26-28-29-27-23/h4-5,7-10,13,15,21-22,32H,2-3,6,11-12,14H2,1H3,(H,26,27,28,29). The molecule has 4 aromatic rings. The highest BCUT2D eigenvalue weighted by Gasteiger charge is 2.32. The summed E-state index contributed by atoms with van der Waals surface area (Å²) in [7, 11) is 0. The normalized spacial score (nSPS) is 17.8. The molecule has 1 aliphatic rings. The number of aryl methyl sites for hydroxylation is 1. The molecule has 0 saturated heterocycles. The average molecular weight is 446 g/mol. The van der Waals surface area contributed by atoms with Gasteiger partial charge in [0, 0.05) is 29.2 Å². The van der Waals surface area contributed by atoms with Crippen LogP contribution in [0.5, 0.6) is 0 Å². The van der Waals surface area contributed by atoms with Crippen LogP contribution in [0, 0.1) is 0 Å². The van der Waals surface area contributed by atoms with E-state index >= 15 is 0 Å². The third-order valence-electron chi connectivity index (χ3n) is 6.40. The topological polar surface area (TPSA) is 115 Å². The number of nitrogens with zero attached hydrogens (tertiary/aromatic N) is 6. The zero-order valence-electron chi connectivity index (χ0n) is 18.6. The minimum Gasteiger partial charge on any atom is -0.391 e. The predicted octanol–water partition coefficient (Wildman–Crippen LogP) is 2.98. The van der Waals surface area contributed by atoms with Crippen molar-refractivity contribution < 1.29 is 5.11 Å². The Hall–Kier alpha value is -3.59. The van der Waals surface area contributed by atoms with Gasteiger partial charge in [0.25, 0.3) is 0 Å². The largest absolute Gasteiger partial charge is 0.391 e. The number of unbranched alkanes of at least 4 members (excludes halogenated alkanes) is 1. The smallest absolute Gasteiger partial charge is 0.329 e. The first-order valence-corrected chi connectivity index (χ1v) is 11.4.